The molecule has 1 rings (SSSR count). The van der Waals surface area contributed by atoms with E-state index in [1.165, 1.54) is 5.57 Å². The van der Waals surface area contributed by atoms with Crippen molar-refractivity contribution in [2.45, 2.75) is 71.8 Å². The topological polar surface area (TPSA) is 78.4 Å². The van der Waals surface area contributed by atoms with Gasteiger partial charge in [0.25, 0.3) is 5.09 Å². The van der Waals surface area contributed by atoms with Crippen molar-refractivity contribution in [2.24, 2.45) is 23.0 Å². The standard InChI is InChI=1S/C17H32N2O3/c1-6-15-7-13(2)8-17(10-15,12-16(4,5)18)9-14(3)11-22-19(20)21/h14-15H,2,6-12,18H2,1,3-5H3. The van der Waals surface area contributed by atoms with Crippen molar-refractivity contribution >= 4 is 0 Å². The number of allylic oxidation sites excluding steroid dienone is 1. The van der Waals surface area contributed by atoms with Gasteiger partial charge in [0.15, 0.2) is 0 Å². The summed E-state index contributed by atoms with van der Waals surface area (Å²) in [6.07, 6.45) is 6.17. The molecule has 128 valence electrons. The molecule has 0 radical (unpaired) electrons. The van der Waals surface area contributed by atoms with Gasteiger partial charge in [-0.1, -0.05) is 32.4 Å². The first-order valence-corrected chi connectivity index (χ1v) is 8.28. The molecule has 0 aromatic rings. The molecule has 0 aromatic carbocycles. The molecular formula is C17H32N2O3. The summed E-state index contributed by atoms with van der Waals surface area (Å²) in [4.78, 5) is 15.0. The molecule has 0 aliphatic heterocycles. The zero-order valence-electron chi connectivity index (χ0n) is 14.6. The van der Waals surface area contributed by atoms with Gasteiger partial charge >= 0.3 is 0 Å². The Morgan fingerprint density at radius 3 is 2.73 bits per heavy atom. The maximum Gasteiger partial charge on any atom is 0.294 e. The zero-order valence-corrected chi connectivity index (χ0v) is 14.6. The molecular weight excluding hydrogens is 280 g/mol. The lowest BCUT2D eigenvalue weighted by atomic mass is 9.60. The molecule has 1 aliphatic rings. The van der Waals surface area contributed by atoms with E-state index in [1.807, 2.05) is 6.92 Å². The van der Waals surface area contributed by atoms with Crippen LogP contribution in [0.2, 0.25) is 0 Å². The highest BCUT2D eigenvalue weighted by atomic mass is 16.9. The predicted octanol–water partition coefficient (Wildman–Crippen LogP) is 4.10. The molecule has 2 N–H and O–H groups in total. The van der Waals surface area contributed by atoms with Crippen molar-refractivity contribution in [3.8, 4) is 0 Å². The smallest absolute Gasteiger partial charge is 0.294 e. The van der Waals surface area contributed by atoms with Crippen molar-refractivity contribution in [3.05, 3.63) is 22.3 Å². The second kappa shape index (κ2) is 7.44. The number of hydrogen-bond donors (Lipinski definition) is 1. The summed E-state index contributed by atoms with van der Waals surface area (Å²) in [5, 5.41) is 9.70. The highest BCUT2D eigenvalue weighted by Crippen LogP contribution is 2.50. The summed E-state index contributed by atoms with van der Waals surface area (Å²) in [5.41, 5.74) is 7.45. The lowest BCUT2D eigenvalue weighted by Gasteiger charge is -2.46. The Bertz CT molecular complexity index is 403. The molecule has 0 bridgehead atoms. The van der Waals surface area contributed by atoms with Crippen molar-refractivity contribution < 1.29 is 9.92 Å². The quantitative estimate of drug-likeness (QED) is 0.416. The molecule has 22 heavy (non-hydrogen) atoms. The Hall–Kier alpha value is -1.10. The SMILES string of the molecule is C=C1CC(CC)CC(CC(C)CO[N+](=O)[O-])(CC(C)(C)N)C1. The van der Waals surface area contributed by atoms with Gasteiger partial charge in [0.05, 0.1) is 6.61 Å². The van der Waals surface area contributed by atoms with Gasteiger partial charge in [-0.2, -0.15) is 0 Å². The van der Waals surface area contributed by atoms with Gasteiger partial charge in [-0.3, -0.25) is 0 Å². The van der Waals surface area contributed by atoms with Gasteiger partial charge in [0.2, 0.25) is 0 Å². The first kappa shape index (κ1) is 18.9. The van der Waals surface area contributed by atoms with Crippen molar-refractivity contribution in [1.29, 1.82) is 0 Å². The zero-order chi connectivity index (χ0) is 17.0. The fourth-order valence-corrected chi connectivity index (χ4v) is 4.37. The summed E-state index contributed by atoms with van der Waals surface area (Å²) in [7, 11) is 0. The van der Waals surface area contributed by atoms with Crippen LogP contribution in [-0.2, 0) is 4.84 Å². The summed E-state index contributed by atoms with van der Waals surface area (Å²) in [6, 6.07) is 0. The van der Waals surface area contributed by atoms with E-state index in [2.05, 4.69) is 32.2 Å². The minimum absolute atomic E-state index is 0.0909. The Kier molecular flexibility index (Phi) is 6.41. The van der Waals surface area contributed by atoms with E-state index in [4.69, 9.17) is 5.73 Å². The molecule has 1 aliphatic carbocycles. The molecule has 0 saturated heterocycles. The fourth-order valence-electron chi connectivity index (χ4n) is 4.37. The molecule has 5 heteroatoms. The van der Waals surface area contributed by atoms with E-state index in [1.54, 1.807) is 0 Å². The Morgan fingerprint density at radius 1 is 1.59 bits per heavy atom. The molecule has 0 amide bonds. The van der Waals surface area contributed by atoms with Crippen LogP contribution in [0.25, 0.3) is 0 Å². The van der Waals surface area contributed by atoms with E-state index in [0.717, 1.165) is 38.5 Å². The monoisotopic (exact) mass is 312 g/mol. The van der Waals surface area contributed by atoms with Crippen LogP contribution >= 0.6 is 0 Å². The van der Waals surface area contributed by atoms with E-state index < -0.39 is 5.09 Å². The van der Waals surface area contributed by atoms with Crippen LogP contribution < -0.4 is 5.73 Å². The first-order chi connectivity index (χ1) is 10.1. The highest BCUT2D eigenvalue weighted by molar-refractivity contribution is 5.08. The minimum atomic E-state index is -0.704. The average molecular weight is 312 g/mol. The summed E-state index contributed by atoms with van der Waals surface area (Å²) >= 11 is 0. The average Bonchev–Trinajstić information content (AvgIpc) is 2.32. The maximum absolute atomic E-state index is 10.4. The Morgan fingerprint density at radius 2 is 2.23 bits per heavy atom. The van der Waals surface area contributed by atoms with E-state index in [-0.39, 0.29) is 23.5 Å². The van der Waals surface area contributed by atoms with E-state index in [0.29, 0.717) is 5.92 Å². The fraction of sp³-hybridized carbons (Fsp3) is 0.882. The van der Waals surface area contributed by atoms with Crippen LogP contribution in [0.1, 0.15) is 66.2 Å². The third-order valence-electron chi connectivity index (χ3n) is 4.58. The number of nitrogens with zero attached hydrogens (tertiary/aromatic N) is 1. The number of rotatable bonds is 8. The van der Waals surface area contributed by atoms with Gasteiger partial charge in [0, 0.05) is 5.54 Å². The molecule has 3 unspecified atom stereocenters. The van der Waals surface area contributed by atoms with Gasteiger partial charge < -0.3 is 10.6 Å². The highest BCUT2D eigenvalue weighted by Gasteiger charge is 2.41. The molecule has 5 nitrogen and oxygen atoms in total. The second-order valence-corrected chi connectivity index (χ2v) is 8.10. The number of hydrogen-bond acceptors (Lipinski definition) is 4. The van der Waals surface area contributed by atoms with Crippen molar-refractivity contribution in [1.82, 2.24) is 0 Å². The van der Waals surface area contributed by atoms with Crippen LogP contribution in [0.3, 0.4) is 0 Å². The lowest BCUT2D eigenvalue weighted by molar-refractivity contribution is -0.759. The third-order valence-corrected chi connectivity index (χ3v) is 4.58. The van der Waals surface area contributed by atoms with Gasteiger partial charge in [0.1, 0.15) is 0 Å². The van der Waals surface area contributed by atoms with Gasteiger partial charge in [-0.05, 0) is 63.2 Å². The van der Waals surface area contributed by atoms with E-state index in [9.17, 15) is 10.1 Å². The molecule has 1 saturated carbocycles. The normalized spacial score (nSPS) is 27.5. The van der Waals surface area contributed by atoms with Crippen LogP contribution in [0.4, 0.5) is 0 Å². The van der Waals surface area contributed by atoms with Crippen molar-refractivity contribution in [2.75, 3.05) is 6.61 Å². The molecule has 3 atom stereocenters. The molecule has 0 heterocycles. The molecule has 0 spiro atoms. The molecule has 1 fully saturated rings. The van der Waals surface area contributed by atoms with Crippen molar-refractivity contribution in [3.63, 3.8) is 0 Å². The van der Waals surface area contributed by atoms with Crippen LogP contribution in [0, 0.1) is 27.4 Å². The Labute approximate surface area is 134 Å². The van der Waals surface area contributed by atoms with Gasteiger partial charge in [-0.15, -0.1) is 10.1 Å². The predicted molar refractivity (Wildman–Crippen MR) is 88.8 cm³/mol. The largest absolute Gasteiger partial charge is 0.326 e. The lowest BCUT2D eigenvalue weighted by Crippen LogP contribution is -2.43. The second-order valence-electron chi connectivity index (χ2n) is 8.10. The summed E-state index contributed by atoms with van der Waals surface area (Å²) in [5.74, 6) is 0.781. The molecule has 0 aromatic heterocycles. The summed E-state index contributed by atoms with van der Waals surface area (Å²) in [6.45, 7) is 12.8. The summed E-state index contributed by atoms with van der Waals surface area (Å²) < 4.78 is 0. The van der Waals surface area contributed by atoms with Crippen LogP contribution in [0.15, 0.2) is 12.2 Å². The first-order valence-electron chi connectivity index (χ1n) is 8.28. The third kappa shape index (κ3) is 6.34. The minimum Gasteiger partial charge on any atom is -0.326 e. The number of nitrogens with two attached hydrogens (primary N) is 1. The van der Waals surface area contributed by atoms with E-state index >= 15 is 0 Å². The maximum atomic E-state index is 10.4. The van der Waals surface area contributed by atoms with Crippen LogP contribution in [-0.4, -0.2) is 17.2 Å². The van der Waals surface area contributed by atoms with Crippen LogP contribution in [0.5, 0.6) is 0 Å². The Balaban J connectivity index is 2.86. The van der Waals surface area contributed by atoms with Gasteiger partial charge in [-0.25, -0.2) is 0 Å².